The van der Waals surface area contributed by atoms with Crippen molar-refractivity contribution < 1.29 is 19.6 Å². The number of esters is 1. The zero-order valence-electron chi connectivity index (χ0n) is 11.5. The van der Waals surface area contributed by atoms with Crippen molar-refractivity contribution in [2.45, 2.75) is 6.10 Å². The molecule has 0 saturated carbocycles. The lowest BCUT2D eigenvalue weighted by molar-refractivity contribution is -0.386. The Morgan fingerprint density at radius 1 is 1.14 bits per heavy atom. The van der Waals surface area contributed by atoms with E-state index in [9.17, 15) is 20.0 Å². The van der Waals surface area contributed by atoms with Crippen LogP contribution in [0.5, 0.6) is 5.75 Å². The number of para-hydroxylation sites is 2. The van der Waals surface area contributed by atoms with Gasteiger partial charge in [-0.3, -0.25) is 10.1 Å². The minimum atomic E-state index is -1.52. The Hall–Kier alpha value is -2.99. The van der Waals surface area contributed by atoms with E-state index in [1.165, 1.54) is 24.3 Å². The van der Waals surface area contributed by atoms with Crippen LogP contribution >= 0.6 is 0 Å². The number of aliphatic hydroxyl groups excluding tert-OH is 1. The van der Waals surface area contributed by atoms with Gasteiger partial charge in [-0.25, -0.2) is 4.79 Å². The van der Waals surface area contributed by atoms with Crippen molar-refractivity contribution >= 4 is 11.7 Å². The van der Waals surface area contributed by atoms with E-state index in [2.05, 4.69) is 6.58 Å². The molecule has 0 amide bonds. The van der Waals surface area contributed by atoms with Gasteiger partial charge in [0.15, 0.2) is 0 Å². The molecule has 0 saturated heterocycles. The van der Waals surface area contributed by atoms with Crippen molar-refractivity contribution in [3.63, 3.8) is 0 Å². The number of hydrogen-bond acceptors (Lipinski definition) is 5. The molecule has 0 bridgehead atoms. The van der Waals surface area contributed by atoms with Crippen LogP contribution in [-0.4, -0.2) is 16.0 Å². The predicted octanol–water partition coefficient (Wildman–Crippen LogP) is 2.79. The number of rotatable bonds is 5. The third-order valence-electron chi connectivity index (χ3n) is 2.97. The van der Waals surface area contributed by atoms with E-state index >= 15 is 0 Å². The Kier molecular flexibility index (Phi) is 4.65. The molecular formula is C16H13NO5. The number of nitro groups is 1. The topological polar surface area (TPSA) is 89.7 Å². The first-order valence-corrected chi connectivity index (χ1v) is 6.38. The van der Waals surface area contributed by atoms with Gasteiger partial charge < -0.3 is 9.84 Å². The lowest BCUT2D eigenvalue weighted by Crippen LogP contribution is -2.17. The third-order valence-corrected chi connectivity index (χ3v) is 2.97. The van der Waals surface area contributed by atoms with E-state index < -0.39 is 17.0 Å². The molecule has 0 radical (unpaired) electrons. The molecule has 1 atom stereocenters. The minimum Gasteiger partial charge on any atom is -0.423 e. The van der Waals surface area contributed by atoms with Crippen molar-refractivity contribution in [2.24, 2.45) is 0 Å². The Morgan fingerprint density at radius 3 is 2.36 bits per heavy atom. The summed E-state index contributed by atoms with van der Waals surface area (Å²) in [6.07, 6.45) is -1.52. The first kappa shape index (κ1) is 15.4. The number of ether oxygens (including phenoxy) is 1. The SMILES string of the molecule is C=C(C(=O)Oc1ccccc1)C(O)c1ccccc1[N+](=O)[O-]. The average molecular weight is 299 g/mol. The molecule has 0 heterocycles. The zero-order chi connectivity index (χ0) is 16.1. The molecule has 0 aliphatic carbocycles. The summed E-state index contributed by atoms with van der Waals surface area (Å²) in [5.74, 6) is -0.555. The van der Waals surface area contributed by atoms with Crippen LogP contribution in [0.2, 0.25) is 0 Å². The standard InChI is InChI=1S/C16H13NO5/c1-11(16(19)22-12-7-3-2-4-8-12)15(18)13-9-5-6-10-14(13)17(20)21/h2-10,15,18H,1H2. The summed E-state index contributed by atoms with van der Waals surface area (Å²) in [5, 5.41) is 21.1. The third kappa shape index (κ3) is 3.36. The van der Waals surface area contributed by atoms with Crippen LogP contribution in [0.15, 0.2) is 66.7 Å². The van der Waals surface area contributed by atoms with Gasteiger partial charge in [0, 0.05) is 6.07 Å². The van der Waals surface area contributed by atoms with E-state index in [0.29, 0.717) is 5.75 Å². The van der Waals surface area contributed by atoms with Crippen LogP contribution < -0.4 is 4.74 Å². The molecular weight excluding hydrogens is 286 g/mol. The number of carbonyl (C=O) groups excluding carboxylic acids is 1. The summed E-state index contributed by atoms with van der Waals surface area (Å²) in [5.41, 5.74) is -0.579. The summed E-state index contributed by atoms with van der Waals surface area (Å²) in [6, 6.07) is 13.9. The minimum absolute atomic E-state index is 0.0116. The quantitative estimate of drug-likeness (QED) is 0.301. The summed E-state index contributed by atoms with van der Waals surface area (Å²) in [6.45, 7) is 3.48. The summed E-state index contributed by atoms with van der Waals surface area (Å²) < 4.78 is 5.05. The molecule has 2 rings (SSSR count). The Labute approximate surface area is 126 Å². The number of nitro benzene ring substituents is 1. The van der Waals surface area contributed by atoms with Crippen molar-refractivity contribution in [1.82, 2.24) is 0 Å². The molecule has 0 aliphatic heterocycles. The maximum atomic E-state index is 12.0. The lowest BCUT2D eigenvalue weighted by Gasteiger charge is -2.13. The van der Waals surface area contributed by atoms with Crippen molar-refractivity contribution in [2.75, 3.05) is 0 Å². The molecule has 0 fully saturated rings. The van der Waals surface area contributed by atoms with Gasteiger partial charge in [0.1, 0.15) is 11.9 Å². The number of nitrogens with zero attached hydrogens (tertiary/aromatic N) is 1. The fourth-order valence-electron chi connectivity index (χ4n) is 1.85. The molecule has 2 aromatic carbocycles. The van der Waals surface area contributed by atoms with E-state index in [1.54, 1.807) is 30.3 Å². The van der Waals surface area contributed by atoms with Crippen LogP contribution in [-0.2, 0) is 4.79 Å². The predicted molar refractivity (Wildman–Crippen MR) is 79.3 cm³/mol. The van der Waals surface area contributed by atoms with Crippen LogP contribution in [0.4, 0.5) is 5.69 Å². The Balaban J connectivity index is 2.19. The maximum Gasteiger partial charge on any atom is 0.341 e. The molecule has 2 aromatic rings. The van der Waals surface area contributed by atoms with E-state index in [1.807, 2.05) is 0 Å². The molecule has 6 heteroatoms. The molecule has 1 N–H and O–H groups in total. The zero-order valence-corrected chi connectivity index (χ0v) is 11.5. The number of aliphatic hydroxyl groups is 1. The van der Waals surface area contributed by atoms with Gasteiger partial charge in [0.05, 0.1) is 16.1 Å². The normalized spacial score (nSPS) is 11.5. The number of benzene rings is 2. The van der Waals surface area contributed by atoms with Crippen LogP contribution in [0, 0.1) is 10.1 Å². The van der Waals surface area contributed by atoms with Crippen LogP contribution in [0.1, 0.15) is 11.7 Å². The second kappa shape index (κ2) is 6.64. The highest BCUT2D eigenvalue weighted by molar-refractivity contribution is 5.91. The molecule has 6 nitrogen and oxygen atoms in total. The largest absolute Gasteiger partial charge is 0.423 e. The van der Waals surface area contributed by atoms with Crippen molar-refractivity contribution in [1.29, 1.82) is 0 Å². The number of carbonyl (C=O) groups is 1. The lowest BCUT2D eigenvalue weighted by atomic mass is 10.0. The van der Waals surface area contributed by atoms with Gasteiger partial charge in [0.25, 0.3) is 5.69 Å². The van der Waals surface area contributed by atoms with Gasteiger partial charge >= 0.3 is 5.97 Å². The summed E-state index contributed by atoms with van der Waals surface area (Å²) >= 11 is 0. The van der Waals surface area contributed by atoms with Gasteiger partial charge in [-0.2, -0.15) is 0 Å². The molecule has 22 heavy (non-hydrogen) atoms. The van der Waals surface area contributed by atoms with Crippen LogP contribution in [0.25, 0.3) is 0 Å². The maximum absolute atomic E-state index is 12.0. The van der Waals surface area contributed by atoms with Gasteiger partial charge in [0.2, 0.25) is 0 Å². The fourth-order valence-corrected chi connectivity index (χ4v) is 1.85. The Morgan fingerprint density at radius 2 is 1.73 bits per heavy atom. The molecule has 0 aliphatic rings. The Bertz CT molecular complexity index is 711. The van der Waals surface area contributed by atoms with E-state index in [0.717, 1.165) is 0 Å². The van der Waals surface area contributed by atoms with E-state index in [4.69, 9.17) is 4.74 Å². The average Bonchev–Trinajstić information content (AvgIpc) is 2.54. The first-order valence-electron chi connectivity index (χ1n) is 6.38. The van der Waals surface area contributed by atoms with Crippen LogP contribution in [0.3, 0.4) is 0 Å². The summed E-state index contributed by atoms with van der Waals surface area (Å²) in [4.78, 5) is 22.3. The monoisotopic (exact) mass is 299 g/mol. The highest BCUT2D eigenvalue weighted by Crippen LogP contribution is 2.29. The first-order chi connectivity index (χ1) is 10.5. The highest BCUT2D eigenvalue weighted by atomic mass is 16.6. The molecule has 0 spiro atoms. The molecule has 1 unspecified atom stereocenters. The molecule has 0 aromatic heterocycles. The molecule has 112 valence electrons. The van der Waals surface area contributed by atoms with E-state index in [-0.39, 0.29) is 16.8 Å². The van der Waals surface area contributed by atoms with Crippen molar-refractivity contribution in [3.05, 3.63) is 82.4 Å². The van der Waals surface area contributed by atoms with Crippen molar-refractivity contribution in [3.8, 4) is 5.75 Å². The number of hydrogen-bond donors (Lipinski definition) is 1. The second-order valence-corrected chi connectivity index (χ2v) is 4.45. The van der Waals surface area contributed by atoms with Gasteiger partial charge in [-0.1, -0.05) is 36.9 Å². The summed E-state index contributed by atoms with van der Waals surface area (Å²) in [7, 11) is 0. The van der Waals surface area contributed by atoms with Gasteiger partial charge in [-0.15, -0.1) is 0 Å². The smallest absolute Gasteiger partial charge is 0.341 e. The van der Waals surface area contributed by atoms with Gasteiger partial charge in [-0.05, 0) is 18.2 Å². The highest BCUT2D eigenvalue weighted by Gasteiger charge is 2.26. The second-order valence-electron chi connectivity index (χ2n) is 4.45. The fraction of sp³-hybridized carbons (Fsp3) is 0.0625.